The fraction of sp³-hybridized carbons (Fsp3) is 0.714. The summed E-state index contributed by atoms with van der Waals surface area (Å²) in [5.74, 6) is -5.30. The Kier molecular flexibility index (Phi) is 4.30. The Bertz CT molecular complexity index is 187. The first-order valence-electron chi connectivity index (χ1n) is 3.65. The van der Waals surface area contributed by atoms with Gasteiger partial charge in [0.05, 0.1) is 0 Å². The highest BCUT2D eigenvalue weighted by Crippen LogP contribution is 2.20. The lowest BCUT2D eigenvalue weighted by molar-refractivity contribution is -0.151. The van der Waals surface area contributed by atoms with Crippen molar-refractivity contribution in [1.29, 1.82) is 0 Å². The molecule has 0 aliphatic carbocycles. The summed E-state index contributed by atoms with van der Waals surface area (Å²) in [5, 5.41) is 16.4. The van der Waals surface area contributed by atoms with E-state index in [0.29, 0.717) is 0 Å². The van der Waals surface area contributed by atoms with Gasteiger partial charge in [-0.05, 0) is 6.42 Å². The molecule has 0 spiro atoms. The van der Waals surface area contributed by atoms with Crippen molar-refractivity contribution in [2.45, 2.75) is 25.7 Å². The number of carboxylic acid groups (broad SMARTS) is 2. The molecule has 0 aromatic carbocycles. The zero-order valence-electron chi connectivity index (χ0n) is 6.91. The zero-order chi connectivity index (χ0) is 10.6. The van der Waals surface area contributed by atoms with Crippen molar-refractivity contribution in [3.05, 3.63) is 0 Å². The van der Waals surface area contributed by atoms with Gasteiger partial charge in [-0.3, -0.25) is 0 Å². The highest BCUT2D eigenvalue weighted by atomic mass is 19.1. The Balaban J connectivity index is 4.49. The Morgan fingerprint density at radius 2 is 1.46 bits per heavy atom. The molecule has 2 atom stereocenters. The number of aliphatic carboxylic acids is 2. The minimum atomic E-state index is -2.48. The van der Waals surface area contributed by atoms with Gasteiger partial charge in [-0.15, -0.1) is 0 Å². The molecule has 76 valence electrons. The second-order valence-corrected chi connectivity index (χ2v) is 2.55. The lowest BCUT2D eigenvalue weighted by Gasteiger charge is -2.17. The molecule has 2 N–H and O–H groups in total. The van der Waals surface area contributed by atoms with Crippen LogP contribution < -0.4 is 0 Å². The molecule has 0 aromatic heterocycles. The van der Waals surface area contributed by atoms with E-state index in [9.17, 15) is 18.4 Å². The van der Waals surface area contributed by atoms with Crippen LogP contribution >= 0.6 is 0 Å². The SMILES string of the molecule is CCC(C(F)C(=O)O)C(F)C(=O)O. The summed E-state index contributed by atoms with van der Waals surface area (Å²) in [7, 11) is 0. The Labute approximate surface area is 73.2 Å². The fourth-order valence-electron chi connectivity index (χ4n) is 0.928. The van der Waals surface area contributed by atoms with Crippen molar-refractivity contribution in [2.75, 3.05) is 0 Å². The van der Waals surface area contributed by atoms with E-state index >= 15 is 0 Å². The third kappa shape index (κ3) is 2.96. The molecule has 0 aliphatic rings. The van der Waals surface area contributed by atoms with Gasteiger partial charge in [-0.1, -0.05) is 6.92 Å². The molecule has 0 saturated carbocycles. The van der Waals surface area contributed by atoms with E-state index in [4.69, 9.17) is 10.2 Å². The Morgan fingerprint density at radius 3 is 1.62 bits per heavy atom. The van der Waals surface area contributed by atoms with Crippen molar-refractivity contribution < 1.29 is 28.6 Å². The third-order valence-electron chi connectivity index (χ3n) is 1.70. The van der Waals surface area contributed by atoms with Crippen LogP contribution in [0.2, 0.25) is 0 Å². The number of carbonyl (C=O) groups is 2. The van der Waals surface area contributed by atoms with Crippen molar-refractivity contribution in [3.63, 3.8) is 0 Å². The normalized spacial score (nSPS) is 17.5. The van der Waals surface area contributed by atoms with E-state index in [-0.39, 0.29) is 6.42 Å². The van der Waals surface area contributed by atoms with Gasteiger partial charge in [-0.2, -0.15) is 0 Å². The van der Waals surface area contributed by atoms with E-state index in [1.807, 2.05) is 0 Å². The van der Waals surface area contributed by atoms with Crippen LogP contribution in [0.3, 0.4) is 0 Å². The Hall–Kier alpha value is -1.20. The van der Waals surface area contributed by atoms with Gasteiger partial charge in [0.25, 0.3) is 0 Å². The molecule has 6 heteroatoms. The number of halogens is 2. The zero-order valence-corrected chi connectivity index (χ0v) is 6.91. The highest BCUT2D eigenvalue weighted by molar-refractivity contribution is 5.77. The summed E-state index contributed by atoms with van der Waals surface area (Å²) in [6.45, 7) is 1.33. The first kappa shape index (κ1) is 11.8. The van der Waals surface area contributed by atoms with Crippen LogP contribution in [0, 0.1) is 5.92 Å². The van der Waals surface area contributed by atoms with Crippen molar-refractivity contribution in [1.82, 2.24) is 0 Å². The minimum absolute atomic E-state index is 0.180. The van der Waals surface area contributed by atoms with E-state index in [0.717, 1.165) is 0 Å². The molecule has 0 aliphatic heterocycles. The molecule has 2 unspecified atom stereocenters. The smallest absolute Gasteiger partial charge is 0.338 e. The van der Waals surface area contributed by atoms with Crippen LogP contribution in [0.25, 0.3) is 0 Å². The number of hydrogen-bond acceptors (Lipinski definition) is 2. The minimum Gasteiger partial charge on any atom is -0.479 e. The van der Waals surface area contributed by atoms with E-state index < -0.39 is 30.2 Å². The van der Waals surface area contributed by atoms with Gasteiger partial charge in [0.1, 0.15) is 0 Å². The van der Waals surface area contributed by atoms with Crippen LogP contribution in [-0.4, -0.2) is 34.5 Å². The van der Waals surface area contributed by atoms with E-state index in [2.05, 4.69) is 0 Å². The Morgan fingerprint density at radius 1 is 1.15 bits per heavy atom. The molecule has 4 nitrogen and oxygen atoms in total. The van der Waals surface area contributed by atoms with E-state index in [1.54, 1.807) is 0 Å². The quantitative estimate of drug-likeness (QED) is 0.683. The summed E-state index contributed by atoms with van der Waals surface area (Å²) in [6.07, 6.45) is -5.13. The number of rotatable bonds is 5. The second-order valence-electron chi connectivity index (χ2n) is 2.55. The van der Waals surface area contributed by atoms with Crippen LogP contribution in [0.5, 0.6) is 0 Å². The van der Waals surface area contributed by atoms with Gasteiger partial charge in [0, 0.05) is 5.92 Å². The average Bonchev–Trinajstić information content (AvgIpc) is 2.04. The van der Waals surface area contributed by atoms with Gasteiger partial charge >= 0.3 is 11.9 Å². The summed E-state index contributed by atoms with van der Waals surface area (Å²) in [5.41, 5.74) is 0. The number of carboxylic acids is 2. The van der Waals surface area contributed by atoms with Gasteiger partial charge in [0.2, 0.25) is 12.3 Å². The average molecular weight is 196 g/mol. The van der Waals surface area contributed by atoms with Crippen molar-refractivity contribution >= 4 is 11.9 Å². The van der Waals surface area contributed by atoms with Gasteiger partial charge in [-0.25, -0.2) is 18.4 Å². The monoisotopic (exact) mass is 196 g/mol. The third-order valence-corrected chi connectivity index (χ3v) is 1.70. The first-order chi connectivity index (χ1) is 5.91. The fourth-order valence-corrected chi connectivity index (χ4v) is 0.928. The molecule has 0 fully saturated rings. The molecule has 0 aromatic rings. The lowest BCUT2D eigenvalue weighted by atomic mass is 9.95. The molecule has 13 heavy (non-hydrogen) atoms. The summed E-state index contributed by atoms with van der Waals surface area (Å²) < 4.78 is 25.4. The molecule has 0 rings (SSSR count). The van der Waals surface area contributed by atoms with Crippen LogP contribution in [0.4, 0.5) is 8.78 Å². The summed E-state index contributed by atoms with van der Waals surface area (Å²) in [6, 6.07) is 0. The predicted octanol–water partition coefficient (Wildman–Crippen LogP) is 0.858. The van der Waals surface area contributed by atoms with Crippen LogP contribution in [0.15, 0.2) is 0 Å². The van der Waals surface area contributed by atoms with Crippen LogP contribution in [0.1, 0.15) is 13.3 Å². The molecule has 0 saturated heterocycles. The second kappa shape index (κ2) is 4.74. The predicted molar refractivity (Wildman–Crippen MR) is 38.8 cm³/mol. The highest BCUT2D eigenvalue weighted by Gasteiger charge is 2.37. The molecule has 0 radical (unpaired) electrons. The molecule has 0 bridgehead atoms. The molecular weight excluding hydrogens is 186 g/mol. The number of alkyl halides is 2. The maximum atomic E-state index is 12.7. The van der Waals surface area contributed by atoms with Gasteiger partial charge < -0.3 is 10.2 Å². The maximum absolute atomic E-state index is 12.7. The van der Waals surface area contributed by atoms with Crippen molar-refractivity contribution in [3.8, 4) is 0 Å². The van der Waals surface area contributed by atoms with Crippen LogP contribution in [-0.2, 0) is 9.59 Å². The van der Waals surface area contributed by atoms with E-state index in [1.165, 1.54) is 6.92 Å². The molecular formula is C7H10F2O4. The first-order valence-corrected chi connectivity index (χ1v) is 3.65. The number of hydrogen-bond donors (Lipinski definition) is 2. The molecule has 0 heterocycles. The largest absolute Gasteiger partial charge is 0.479 e. The standard InChI is InChI=1S/C7H10F2O4/c1-2-3(4(8)6(10)11)5(9)7(12)13/h3-5H,2H2,1H3,(H,10,11)(H,12,13). The summed E-state index contributed by atoms with van der Waals surface area (Å²) >= 11 is 0. The maximum Gasteiger partial charge on any atom is 0.338 e. The van der Waals surface area contributed by atoms with Gasteiger partial charge in [0.15, 0.2) is 0 Å². The topological polar surface area (TPSA) is 74.6 Å². The summed E-state index contributed by atoms with van der Waals surface area (Å²) in [4.78, 5) is 20.2. The lowest BCUT2D eigenvalue weighted by Crippen LogP contribution is -2.36. The molecule has 0 amide bonds. The van der Waals surface area contributed by atoms with Crippen molar-refractivity contribution in [2.24, 2.45) is 5.92 Å².